The Labute approximate surface area is 237 Å². The van der Waals surface area contributed by atoms with Gasteiger partial charge >= 0.3 is 5.97 Å². The lowest BCUT2D eigenvalue weighted by atomic mass is 9.99. The highest BCUT2D eigenvalue weighted by Gasteiger charge is 2.45. The zero-order valence-corrected chi connectivity index (χ0v) is 23.3. The zero-order chi connectivity index (χ0) is 28.0. The van der Waals surface area contributed by atoms with Crippen molar-refractivity contribution in [3.63, 3.8) is 0 Å². The summed E-state index contributed by atoms with van der Waals surface area (Å²) >= 11 is 0. The molecule has 3 aliphatic rings. The first-order valence-electron chi connectivity index (χ1n) is 14.8. The third-order valence-corrected chi connectivity index (χ3v) is 7.50. The highest BCUT2D eigenvalue weighted by Crippen LogP contribution is 2.33. The molecule has 1 N–H and O–H groups in total. The Morgan fingerprint density at radius 1 is 1.00 bits per heavy atom. The average molecular weight is 561 g/mol. The lowest BCUT2D eigenvalue weighted by molar-refractivity contribution is -0.226. The molecule has 2 aliphatic heterocycles. The summed E-state index contributed by atoms with van der Waals surface area (Å²) in [4.78, 5) is 23.9. The number of carboxylic acids is 1. The van der Waals surface area contributed by atoms with Crippen molar-refractivity contribution >= 4 is 11.8 Å². The van der Waals surface area contributed by atoms with Crippen molar-refractivity contribution in [2.75, 3.05) is 26.4 Å². The van der Waals surface area contributed by atoms with Crippen molar-refractivity contribution in [3.8, 4) is 5.75 Å². The van der Waals surface area contributed by atoms with Crippen LogP contribution in [0.3, 0.4) is 0 Å². The first-order chi connectivity index (χ1) is 19.6. The van der Waals surface area contributed by atoms with E-state index in [1.807, 2.05) is 42.5 Å². The molecule has 1 aromatic carbocycles. The van der Waals surface area contributed by atoms with Gasteiger partial charge in [0.1, 0.15) is 24.2 Å². The Balaban J connectivity index is 1.39. The minimum absolute atomic E-state index is 0.106. The summed E-state index contributed by atoms with van der Waals surface area (Å²) in [7, 11) is 0. The van der Waals surface area contributed by atoms with Gasteiger partial charge < -0.3 is 33.5 Å². The number of carboxylic acid groups (broad SMARTS) is 1. The maximum atomic E-state index is 13.1. The van der Waals surface area contributed by atoms with E-state index < -0.39 is 24.3 Å². The number of unbranched alkanes of at least 4 members (excludes halogenated alkanes) is 1. The number of carbonyl (C=O) groups is 2. The van der Waals surface area contributed by atoms with Crippen molar-refractivity contribution in [1.29, 1.82) is 0 Å². The van der Waals surface area contributed by atoms with E-state index in [1.165, 1.54) is 0 Å². The number of allylic oxidation sites excluding steroid dienone is 2. The summed E-state index contributed by atoms with van der Waals surface area (Å²) in [5.41, 5.74) is 0. The van der Waals surface area contributed by atoms with Gasteiger partial charge in [-0.15, -0.1) is 0 Å². The molecule has 2 heterocycles. The SMILES string of the molecule is O=C(O)CCC/C=C/CC1C(=O)CC(OC2CCCCO2)C1OCC(COc1ccccc1)OC1CCCCO1. The quantitative estimate of drug-likeness (QED) is 0.219. The molecule has 9 nitrogen and oxygen atoms in total. The molecule has 2 saturated heterocycles. The highest BCUT2D eigenvalue weighted by atomic mass is 16.7. The van der Waals surface area contributed by atoms with Crippen LogP contribution in [0.2, 0.25) is 0 Å². The zero-order valence-electron chi connectivity index (χ0n) is 23.3. The molecule has 3 fully saturated rings. The van der Waals surface area contributed by atoms with Gasteiger partial charge in [-0.1, -0.05) is 30.4 Å². The third kappa shape index (κ3) is 10.3. The van der Waals surface area contributed by atoms with Crippen LogP contribution in [0.15, 0.2) is 42.5 Å². The number of ketones is 1. The number of aliphatic carboxylic acids is 1. The number of ether oxygens (including phenoxy) is 6. The maximum Gasteiger partial charge on any atom is 0.303 e. The van der Waals surface area contributed by atoms with Gasteiger partial charge in [0.2, 0.25) is 0 Å². The van der Waals surface area contributed by atoms with E-state index in [4.69, 9.17) is 33.5 Å². The van der Waals surface area contributed by atoms with Gasteiger partial charge in [-0.2, -0.15) is 0 Å². The van der Waals surface area contributed by atoms with Crippen LogP contribution in [-0.2, 0) is 33.3 Å². The standard InChI is InChI=1S/C31H44O9/c32-26-20-27(40-30-17-9-11-19-36-30)31(25(26)14-6-1-2-7-15-28(33)34)38-22-24(39-29-16-8-10-18-35-29)21-37-23-12-4-3-5-13-23/h1,3-6,12-13,24-25,27,29-31H,2,7-11,14-22H2,(H,33,34)/b6-1+. The molecule has 1 aromatic rings. The van der Waals surface area contributed by atoms with Crippen LogP contribution in [-0.4, -0.2) is 74.2 Å². The molecular weight excluding hydrogens is 516 g/mol. The molecule has 1 aliphatic carbocycles. The molecule has 4 rings (SSSR count). The summed E-state index contributed by atoms with van der Waals surface area (Å²) in [6, 6.07) is 9.58. The predicted octanol–water partition coefficient (Wildman–Crippen LogP) is 5.06. The Morgan fingerprint density at radius 2 is 1.75 bits per heavy atom. The molecule has 0 amide bonds. The molecule has 222 valence electrons. The van der Waals surface area contributed by atoms with Gasteiger partial charge in [0.25, 0.3) is 0 Å². The molecule has 0 spiro atoms. The van der Waals surface area contributed by atoms with Crippen LogP contribution in [0.5, 0.6) is 5.75 Å². The van der Waals surface area contributed by atoms with Crippen LogP contribution >= 0.6 is 0 Å². The van der Waals surface area contributed by atoms with Gasteiger partial charge in [-0.3, -0.25) is 9.59 Å². The Morgan fingerprint density at radius 3 is 2.45 bits per heavy atom. The predicted molar refractivity (Wildman–Crippen MR) is 147 cm³/mol. The van der Waals surface area contributed by atoms with E-state index in [-0.39, 0.29) is 50.3 Å². The summed E-state index contributed by atoms with van der Waals surface area (Å²) < 4.78 is 36.7. The third-order valence-electron chi connectivity index (χ3n) is 7.50. The van der Waals surface area contributed by atoms with E-state index in [1.54, 1.807) is 0 Å². The van der Waals surface area contributed by atoms with Crippen molar-refractivity contribution in [2.24, 2.45) is 5.92 Å². The molecule has 40 heavy (non-hydrogen) atoms. The number of benzene rings is 1. The van der Waals surface area contributed by atoms with Crippen molar-refractivity contribution in [3.05, 3.63) is 42.5 Å². The molecule has 6 unspecified atom stereocenters. The monoisotopic (exact) mass is 560 g/mol. The van der Waals surface area contributed by atoms with Crippen molar-refractivity contribution < 1.29 is 43.1 Å². The molecule has 0 radical (unpaired) electrons. The molecular formula is C31H44O9. The number of hydrogen-bond donors (Lipinski definition) is 1. The molecule has 0 aromatic heterocycles. The molecule has 1 saturated carbocycles. The van der Waals surface area contributed by atoms with Crippen molar-refractivity contribution in [1.82, 2.24) is 0 Å². The number of rotatable bonds is 16. The van der Waals surface area contributed by atoms with Crippen LogP contribution < -0.4 is 4.74 Å². The van der Waals surface area contributed by atoms with Crippen LogP contribution in [0.1, 0.15) is 70.6 Å². The van der Waals surface area contributed by atoms with Crippen LogP contribution in [0.25, 0.3) is 0 Å². The van der Waals surface area contributed by atoms with Gasteiger partial charge in [0, 0.05) is 26.1 Å². The summed E-state index contributed by atoms with van der Waals surface area (Å²) in [5.74, 6) is -0.303. The normalized spacial score (nSPS) is 28.1. The number of para-hydroxylation sites is 1. The highest BCUT2D eigenvalue weighted by molar-refractivity contribution is 5.85. The molecule has 6 atom stereocenters. The minimum Gasteiger partial charge on any atom is -0.491 e. The van der Waals surface area contributed by atoms with Crippen LogP contribution in [0, 0.1) is 5.92 Å². The van der Waals surface area contributed by atoms with Crippen molar-refractivity contribution in [2.45, 2.75) is 102 Å². The summed E-state index contributed by atoms with van der Waals surface area (Å²) in [6.07, 6.45) is 9.94. The Bertz CT molecular complexity index is 909. The Kier molecular flexibility index (Phi) is 12.9. The first kappa shape index (κ1) is 30.7. The lowest BCUT2D eigenvalue weighted by Gasteiger charge is -2.32. The average Bonchev–Trinajstić information content (AvgIpc) is 3.26. The van der Waals surface area contributed by atoms with Gasteiger partial charge in [-0.25, -0.2) is 0 Å². The van der Waals surface area contributed by atoms with E-state index >= 15 is 0 Å². The maximum absolute atomic E-state index is 13.1. The van der Waals surface area contributed by atoms with Gasteiger partial charge in [0.05, 0.1) is 24.7 Å². The lowest BCUT2D eigenvalue weighted by Crippen LogP contribution is -2.40. The van der Waals surface area contributed by atoms with Crippen LogP contribution in [0.4, 0.5) is 0 Å². The van der Waals surface area contributed by atoms with Gasteiger partial charge in [0.15, 0.2) is 12.6 Å². The number of carbonyl (C=O) groups excluding carboxylic acids is 1. The second-order valence-electron chi connectivity index (χ2n) is 10.7. The number of hydrogen-bond acceptors (Lipinski definition) is 8. The second-order valence-corrected chi connectivity index (χ2v) is 10.7. The second kappa shape index (κ2) is 16.8. The molecule has 0 bridgehead atoms. The molecule has 9 heteroatoms. The minimum atomic E-state index is -0.801. The fourth-order valence-corrected chi connectivity index (χ4v) is 5.35. The van der Waals surface area contributed by atoms with E-state index in [2.05, 4.69) is 0 Å². The first-order valence-corrected chi connectivity index (χ1v) is 14.8. The fourth-order valence-electron chi connectivity index (χ4n) is 5.35. The van der Waals surface area contributed by atoms with E-state index in [0.29, 0.717) is 32.5 Å². The largest absolute Gasteiger partial charge is 0.491 e. The summed E-state index contributed by atoms with van der Waals surface area (Å²) in [6.45, 7) is 1.85. The fraction of sp³-hybridized carbons (Fsp3) is 0.677. The van der Waals surface area contributed by atoms with E-state index in [0.717, 1.165) is 44.3 Å². The smallest absolute Gasteiger partial charge is 0.303 e. The Hall–Kier alpha value is -2.30. The summed E-state index contributed by atoms with van der Waals surface area (Å²) in [5, 5.41) is 8.85. The van der Waals surface area contributed by atoms with Gasteiger partial charge in [-0.05, 0) is 69.9 Å². The number of Topliss-reactive ketones (excluding diaryl/α,β-unsaturated/α-hetero) is 1. The van der Waals surface area contributed by atoms with E-state index in [9.17, 15) is 9.59 Å². The topological polar surface area (TPSA) is 110 Å².